The second-order valence-electron chi connectivity index (χ2n) is 4.87. The number of nitrogens with zero attached hydrogens (tertiary/aromatic N) is 2. The number of hydrogen-bond acceptors (Lipinski definition) is 5. The molecule has 0 saturated carbocycles. The maximum absolute atomic E-state index is 13.3. The molecule has 7 nitrogen and oxygen atoms in total. The quantitative estimate of drug-likeness (QED) is 0.891. The number of halogens is 3. The van der Waals surface area contributed by atoms with E-state index in [1.54, 1.807) is 0 Å². The van der Waals surface area contributed by atoms with E-state index in [9.17, 15) is 22.8 Å². The van der Waals surface area contributed by atoms with Gasteiger partial charge in [-0.05, 0) is 11.6 Å². The fraction of sp³-hybridized carbons (Fsp3) is 0.583. The zero-order chi connectivity index (χ0) is 16.5. The highest BCUT2D eigenvalue weighted by Crippen LogP contribution is 2.46. The zero-order valence-corrected chi connectivity index (χ0v) is 11.9. The Kier molecular flexibility index (Phi) is 4.03. The van der Waals surface area contributed by atoms with Crippen molar-refractivity contribution in [3.8, 4) is 5.88 Å². The number of amides is 2. The predicted molar refractivity (Wildman–Crippen MR) is 66.1 cm³/mol. The monoisotopic (exact) mass is 321 g/mol. The molecule has 2 rings (SSSR count). The molecule has 1 fully saturated rings. The zero-order valence-electron chi connectivity index (χ0n) is 11.9. The first-order valence-corrected chi connectivity index (χ1v) is 6.34. The number of carbonyl (C=O) groups excluding carboxylic acids is 2. The van der Waals surface area contributed by atoms with Crippen molar-refractivity contribution < 1.29 is 32.0 Å². The first-order valence-electron chi connectivity index (χ1n) is 6.34. The molecule has 1 N–H and O–H groups in total. The van der Waals surface area contributed by atoms with Gasteiger partial charge in [0.25, 0.3) is 11.8 Å². The van der Waals surface area contributed by atoms with Crippen LogP contribution in [0.2, 0.25) is 0 Å². The molecule has 1 aromatic heterocycles. The summed E-state index contributed by atoms with van der Waals surface area (Å²) in [4.78, 5) is 24.8. The van der Waals surface area contributed by atoms with E-state index in [1.165, 1.54) is 13.2 Å². The number of carbonyl (C=O) groups is 2. The van der Waals surface area contributed by atoms with Crippen LogP contribution in [0.1, 0.15) is 17.0 Å². The van der Waals surface area contributed by atoms with Crippen molar-refractivity contribution in [2.75, 3.05) is 27.2 Å². The van der Waals surface area contributed by atoms with E-state index in [1.807, 2.05) is 5.32 Å². The predicted octanol–water partition coefficient (Wildman–Crippen LogP) is 0.824. The van der Waals surface area contributed by atoms with Crippen LogP contribution >= 0.6 is 0 Å². The molecule has 0 spiro atoms. The number of aromatic nitrogens is 1. The summed E-state index contributed by atoms with van der Waals surface area (Å²) in [5, 5.41) is 5.43. The van der Waals surface area contributed by atoms with E-state index in [4.69, 9.17) is 9.26 Å². The smallest absolute Gasteiger partial charge is 0.404 e. The van der Waals surface area contributed by atoms with Crippen LogP contribution in [0, 0.1) is 5.41 Å². The van der Waals surface area contributed by atoms with Gasteiger partial charge < -0.3 is 19.5 Å². The lowest BCUT2D eigenvalue weighted by Gasteiger charge is -2.29. The summed E-state index contributed by atoms with van der Waals surface area (Å²) in [6.07, 6.45) is -5.27. The third kappa shape index (κ3) is 2.48. The van der Waals surface area contributed by atoms with Crippen LogP contribution in [-0.2, 0) is 4.79 Å². The van der Waals surface area contributed by atoms with Crippen LogP contribution in [-0.4, -0.2) is 55.3 Å². The molecule has 0 aliphatic carbocycles. The Morgan fingerprint density at radius 1 is 1.50 bits per heavy atom. The Hall–Kier alpha value is -2.26. The Labute approximate surface area is 123 Å². The molecule has 1 atom stereocenters. The van der Waals surface area contributed by atoms with Crippen LogP contribution in [0.25, 0.3) is 0 Å². The number of nitrogens with one attached hydrogen (secondary N) is 1. The normalized spacial score (nSPS) is 21.8. The van der Waals surface area contributed by atoms with Gasteiger partial charge in [0.1, 0.15) is 0 Å². The van der Waals surface area contributed by atoms with Crippen molar-refractivity contribution in [2.45, 2.75) is 12.6 Å². The molecule has 10 heteroatoms. The van der Waals surface area contributed by atoms with Crippen molar-refractivity contribution in [3.63, 3.8) is 0 Å². The second kappa shape index (κ2) is 5.50. The van der Waals surface area contributed by atoms with E-state index < -0.39 is 36.4 Å². The number of rotatable bonds is 3. The topological polar surface area (TPSA) is 84.7 Å². The van der Waals surface area contributed by atoms with Crippen LogP contribution in [0.5, 0.6) is 5.88 Å². The molecule has 2 heterocycles. The Morgan fingerprint density at radius 3 is 2.68 bits per heavy atom. The van der Waals surface area contributed by atoms with Gasteiger partial charge in [0.15, 0.2) is 5.41 Å². The largest absolute Gasteiger partial charge is 0.479 e. The minimum absolute atomic E-state index is 0.0379. The average Bonchev–Trinajstić information content (AvgIpc) is 3.12. The first kappa shape index (κ1) is 16.1. The van der Waals surface area contributed by atoms with Crippen molar-refractivity contribution in [3.05, 3.63) is 11.8 Å². The Balaban J connectivity index is 2.23. The average molecular weight is 321 g/mol. The van der Waals surface area contributed by atoms with Crippen molar-refractivity contribution >= 4 is 11.8 Å². The maximum Gasteiger partial charge on any atom is 0.404 e. The van der Waals surface area contributed by atoms with Crippen molar-refractivity contribution in [1.82, 2.24) is 15.4 Å². The summed E-state index contributed by atoms with van der Waals surface area (Å²) in [6, 6.07) is 1.18. The lowest BCUT2D eigenvalue weighted by Crippen LogP contribution is -2.52. The lowest BCUT2D eigenvalue weighted by atomic mass is 9.85. The summed E-state index contributed by atoms with van der Waals surface area (Å²) < 4.78 is 49.4. The molecule has 22 heavy (non-hydrogen) atoms. The van der Waals surface area contributed by atoms with Gasteiger partial charge in [0, 0.05) is 20.1 Å². The summed E-state index contributed by atoms with van der Waals surface area (Å²) in [6.45, 7) is -0.979. The molecule has 0 unspecified atom stereocenters. The van der Waals surface area contributed by atoms with Gasteiger partial charge >= 0.3 is 6.18 Å². The Bertz CT molecular complexity index is 586. The number of likely N-dealkylation sites (tertiary alicyclic amines) is 1. The number of methoxy groups -OCH3 is 1. The highest BCUT2D eigenvalue weighted by atomic mass is 19.4. The standard InChI is InChI=1S/C12H14F3N3O4/c1-16-10(20)11(12(13,14)15)3-4-18(6-11)9(19)7-5-8(21-2)17-22-7/h5H,3-4,6H2,1-2H3,(H,16,20)/t11-/m1/s1. The SMILES string of the molecule is CNC(=O)[C@@]1(C(F)(F)F)CCN(C(=O)c2cc(OC)no2)C1. The van der Waals surface area contributed by atoms with Crippen LogP contribution in [0.3, 0.4) is 0 Å². The summed E-state index contributed by atoms with van der Waals surface area (Å²) in [5.41, 5.74) is -2.61. The Morgan fingerprint density at radius 2 is 2.18 bits per heavy atom. The molecule has 122 valence electrons. The molecule has 0 aromatic carbocycles. The van der Waals surface area contributed by atoms with Crippen molar-refractivity contribution in [1.29, 1.82) is 0 Å². The third-order valence-electron chi connectivity index (χ3n) is 3.67. The number of hydrogen-bond donors (Lipinski definition) is 1. The van der Waals surface area contributed by atoms with E-state index in [0.29, 0.717) is 0 Å². The molecular weight excluding hydrogens is 307 g/mol. The van der Waals surface area contributed by atoms with Gasteiger partial charge in [-0.1, -0.05) is 0 Å². The molecule has 1 aliphatic heterocycles. The molecular formula is C12H14F3N3O4. The fourth-order valence-corrected chi connectivity index (χ4v) is 2.38. The summed E-state index contributed by atoms with van der Waals surface area (Å²) in [7, 11) is 2.43. The molecule has 1 aliphatic rings. The van der Waals surface area contributed by atoms with Gasteiger partial charge in [0.05, 0.1) is 13.2 Å². The van der Waals surface area contributed by atoms with Crippen LogP contribution < -0.4 is 10.1 Å². The van der Waals surface area contributed by atoms with Crippen LogP contribution in [0.4, 0.5) is 13.2 Å². The molecule has 1 saturated heterocycles. The highest BCUT2D eigenvalue weighted by Gasteiger charge is 2.63. The second-order valence-corrected chi connectivity index (χ2v) is 4.87. The van der Waals surface area contributed by atoms with Gasteiger partial charge in [0.2, 0.25) is 11.7 Å². The van der Waals surface area contributed by atoms with Gasteiger partial charge in [-0.15, -0.1) is 0 Å². The minimum atomic E-state index is -4.76. The lowest BCUT2D eigenvalue weighted by molar-refractivity contribution is -0.217. The van der Waals surface area contributed by atoms with E-state index >= 15 is 0 Å². The van der Waals surface area contributed by atoms with Crippen molar-refractivity contribution in [2.24, 2.45) is 5.41 Å². The molecule has 0 bridgehead atoms. The van der Waals surface area contributed by atoms with E-state index in [2.05, 4.69) is 5.16 Å². The third-order valence-corrected chi connectivity index (χ3v) is 3.67. The number of ether oxygens (including phenoxy) is 1. The first-order chi connectivity index (χ1) is 10.2. The van der Waals surface area contributed by atoms with E-state index in [0.717, 1.165) is 11.9 Å². The van der Waals surface area contributed by atoms with E-state index in [-0.39, 0.29) is 18.2 Å². The fourth-order valence-electron chi connectivity index (χ4n) is 2.38. The summed E-state index contributed by atoms with van der Waals surface area (Å²) >= 11 is 0. The van der Waals surface area contributed by atoms with Gasteiger partial charge in [-0.3, -0.25) is 9.59 Å². The number of alkyl halides is 3. The minimum Gasteiger partial charge on any atom is -0.479 e. The maximum atomic E-state index is 13.3. The summed E-state index contributed by atoms with van der Waals surface area (Å²) in [5.74, 6) is -2.14. The highest BCUT2D eigenvalue weighted by molar-refractivity contribution is 5.93. The molecule has 2 amide bonds. The molecule has 1 aromatic rings. The van der Waals surface area contributed by atoms with Gasteiger partial charge in [-0.2, -0.15) is 13.2 Å². The molecule has 0 radical (unpaired) electrons. The van der Waals surface area contributed by atoms with Gasteiger partial charge in [-0.25, -0.2) is 0 Å². The van der Waals surface area contributed by atoms with Crippen LogP contribution in [0.15, 0.2) is 10.6 Å².